The molecule has 3 fully saturated rings. The minimum atomic E-state index is -4.94. The number of rotatable bonds is 46. The molecule has 3 aromatic carbocycles. The van der Waals surface area contributed by atoms with Crippen LogP contribution in [0.3, 0.4) is 0 Å². The number of aryl methyl sites for hydroxylation is 1. The standard InChI is InChI=1S/C86H122N14O26S5.Gd/c1-56(2)79(93-72(101)17-8-7-16-69-80-66(55-127-69)92-84(113)94-80)83(112)90-35-32-87-74(103)50-65(82(111)89-34-33-88-75(104)51-95-38-40-96(52-76(105)106)42-44-98(54-78(109)110)45-43-97(41-39-95)53-77(107)108)91-73(102)31-20-57-18-23-60(24-19-57)126-81-58(21-29-70-85(3,4)63-48-61(130(120,121)122)25-27-67(63)99(70)36-9-11-46-128(114,115)116)14-13-15-59(81)22-30-71-86(5,6)64-49-62(131(123,124)125)26-28-68(64)100(71)37-10-12-47-129(117,118)119;/h18-19,21-30,48-49,56,65-66,69,79-80H,7-17,20,31-47,50-55H2,1-6H3,(H14-,87,88,89,90,91,92,93,94,101,102,103,104,105,106,107,108,109,110,111,112,113,114,115,116,117,118,119,120,121,122,123,124,125);/q;+3/p-3. The number of aliphatic carboxylic acids is 3. The number of nitrogens with zero attached hydrogens (tertiary/aromatic N) is 6. The molecular weight excluding hydrogens is 1960 g/mol. The Morgan fingerprint density at radius 2 is 1.13 bits per heavy atom. The van der Waals surface area contributed by atoms with Crippen LogP contribution in [0.4, 0.5) is 16.2 Å². The average Bonchev–Trinajstić information content (AvgIpc) is 1.59. The predicted octanol–water partition coefficient (Wildman–Crippen LogP) is 1.82. The summed E-state index contributed by atoms with van der Waals surface area (Å²) in [6.07, 6.45) is 10.5. The van der Waals surface area contributed by atoms with E-state index in [0.717, 1.165) is 18.6 Å². The van der Waals surface area contributed by atoms with Gasteiger partial charge in [0.1, 0.15) is 50.4 Å². The van der Waals surface area contributed by atoms with Crippen LogP contribution in [0.25, 0.3) is 0 Å². The molecule has 9 rings (SSSR count). The fourth-order valence-electron chi connectivity index (χ4n) is 16.9. The van der Waals surface area contributed by atoms with Crippen molar-refractivity contribution in [3.05, 3.63) is 124 Å². The number of thioether (sulfide) groups is 1. The summed E-state index contributed by atoms with van der Waals surface area (Å²) in [6, 6.07) is 12.1. The molecule has 3 saturated heterocycles. The molecule has 132 heavy (non-hydrogen) atoms. The van der Waals surface area contributed by atoms with Gasteiger partial charge in [-0.15, -0.1) is 0 Å². The van der Waals surface area contributed by atoms with Crippen molar-refractivity contribution in [3.63, 3.8) is 0 Å². The molecule has 0 bridgehead atoms. The molecule has 0 spiro atoms. The first-order chi connectivity index (χ1) is 61.6. The molecule has 40 nitrogen and oxygen atoms in total. The molecule has 1 aliphatic carbocycles. The van der Waals surface area contributed by atoms with Crippen molar-refractivity contribution in [1.29, 1.82) is 0 Å². The van der Waals surface area contributed by atoms with Crippen LogP contribution in [0, 0.1) is 45.9 Å². The number of hydrogen-bond acceptors (Lipinski definition) is 29. The third-order valence-corrected chi connectivity index (χ3v) is 28.5. The molecule has 0 aromatic heterocycles. The number of carboxylic acid groups (broad SMARTS) is 3. The second-order valence-electron chi connectivity index (χ2n) is 34.7. The number of urea groups is 1. The normalized spacial score (nSPS) is 19.8. The van der Waals surface area contributed by atoms with E-state index < -0.39 is 139 Å². The van der Waals surface area contributed by atoms with E-state index in [0.29, 0.717) is 87.8 Å². The maximum absolute atomic E-state index is 14.2. The van der Waals surface area contributed by atoms with Crippen LogP contribution in [0.2, 0.25) is 0 Å². The van der Waals surface area contributed by atoms with Gasteiger partial charge in [-0.3, -0.25) is 62.8 Å². The van der Waals surface area contributed by atoms with Crippen molar-refractivity contribution in [1.82, 2.24) is 62.1 Å². The third-order valence-electron chi connectivity index (χ3n) is 23.8. The van der Waals surface area contributed by atoms with Crippen LogP contribution >= 0.6 is 11.8 Å². The van der Waals surface area contributed by atoms with Crippen LogP contribution in [0.5, 0.6) is 5.75 Å². The van der Waals surface area contributed by atoms with E-state index in [4.69, 9.17) is 4.74 Å². The first-order valence-electron chi connectivity index (χ1n) is 43.6. The maximum Gasteiger partial charge on any atom is 3.00 e. The molecular formula is C86H119GdN14O26S5. The monoisotopic (exact) mass is 2080 g/mol. The molecule has 8 amide bonds. The fraction of sp³-hybridized carbons (Fsp3) is 0.570. The van der Waals surface area contributed by atoms with E-state index >= 15 is 0 Å². The third kappa shape index (κ3) is 33.2. The largest absolute Gasteiger partial charge is 3.00 e. The summed E-state index contributed by atoms with van der Waals surface area (Å²) in [4.78, 5) is 137. The SMILES string of the molecule is CC(C)C(NC(=O)CCCCC1SCC2NC(=O)NC21)C(=O)NCCNC(=O)CC(NC(=O)CCc1ccc(OC2=C(/C=C/C3=[N+](CCCCS(=O)(=O)[O-])c4ccc(S(=O)(=O)[O-])cc4C3(C)C)CCC/C2=C\C=C2\N(CCCCS(=O)(=O)[O-])c3ccc(S(=O)(=O)[O-])cc3C2(C)C)cc1)C(=O)NCCNC(=O)CN1CCN(CC(=O)O)CCN(CC(=O)O)CCN(CC(=O)O)CC1.[Gd+3]. The average molecular weight is 2080 g/mol. The predicted molar refractivity (Wildman–Crippen MR) is 479 cm³/mol. The second-order valence-corrected chi connectivity index (χ2v) is 41.8. The molecule has 5 atom stereocenters. The molecule has 6 aliphatic rings. The van der Waals surface area contributed by atoms with Gasteiger partial charge in [0.05, 0.1) is 80.1 Å². The van der Waals surface area contributed by atoms with Crippen molar-refractivity contribution in [2.45, 2.75) is 181 Å². The molecule has 727 valence electrons. The topological polar surface area (TPSA) is 585 Å². The van der Waals surface area contributed by atoms with Gasteiger partial charge in [-0.25, -0.2) is 38.5 Å². The van der Waals surface area contributed by atoms with Crippen LogP contribution in [0.1, 0.15) is 142 Å². The molecule has 46 heteroatoms. The number of hydrogen-bond donors (Lipinski definition) is 11. The van der Waals surface area contributed by atoms with Crippen molar-refractivity contribution in [3.8, 4) is 5.75 Å². The Morgan fingerprint density at radius 3 is 1.70 bits per heavy atom. The zero-order valence-electron chi connectivity index (χ0n) is 74.6. The smallest absolute Gasteiger partial charge is 0.748 e. The Labute approximate surface area is 806 Å². The van der Waals surface area contributed by atoms with Gasteiger partial charge in [-0.2, -0.15) is 16.3 Å². The number of allylic oxidation sites excluding steroid dienone is 7. The fourth-order valence-corrected chi connectivity index (χ4v) is 20.5. The van der Waals surface area contributed by atoms with E-state index in [2.05, 4.69) is 42.5 Å². The number of carboxylic acids is 3. The summed E-state index contributed by atoms with van der Waals surface area (Å²) in [5, 5.41) is 51.4. The summed E-state index contributed by atoms with van der Waals surface area (Å²) in [6.45, 7) is 10.3. The number of benzene rings is 3. The molecule has 11 N–H and O–H groups in total. The van der Waals surface area contributed by atoms with Gasteiger partial charge >= 0.3 is 63.9 Å². The van der Waals surface area contributed by atoms with E-state index in [1.807, 2.05) is 61.5 Å². The number of unbranched alkanes of at least 4 members (excludes halogenated alkanes) is 3. The number of ether oxygens (including phenoxy) is 1. The Morgan fingerprint density at radius 1 is 0.591 bits per heavy atom. The van der Waals surface area contributed by atoms with Gasteiger partial charge in [0.2, 0.25) is 41.1 Å². The van der Waals surface area contributed by atoms with Crippen molar-refractivity contribution in [2.24, 2.45) is 5.92 Å². The summed E-state index contributed by atoms with van der Waals surface area (Å²) in [7, 11) is -19.0. The zero-order chi connectivity index (χ0) is 95.9. The minimum Gasteiger partial charge on any atom is -0.748 e. The maximum atomic E-state index is 14.2. The first kappa shape index (κ1) is 109. The van der Waals surface area contributed by atoms with Gasteiger partial charge in [0.25, 0.3) is 0 Å². The van der Waals surface area contributed by atoms with Gasteiger partial charge in [0.15, 0.2) is 5.71 Å². The van der Waals surface area contributed by atoms with Crippen molar-refractivity contribution < 1.29 is 164 Å². The summed E-state index contributed by atoms with van der Waals surface area (Å²) in [5.41, 5.74) is 3.10. The zero-order valence-corrected chi connectivity index (χ0v) is 81.0. The van der Waals surface area contributed by atoms with E-state index in [1.54, 1.807) is 69.5 Å². The summed E-state index contributed by atoms with van der Waals surface area (Å²) < 4.78 is 154. The number of carbonyl (C=O) groups is 10. The molecule has 1 radical (unpaired) electrons. The van der Waals surface area contributed by atoms with Gasteiger partial charge in [0, 0.05) is 161 Å². The molecule has 5 heterocycles. The Balaban J connectivity index is 0.0000215. The number of fused-ring (bicyclic) bond motifs is 3. The molecule has 5 unspecified atom stereocenters. The van der Waals surface area contributed by atoms with Crippen LogP contribution in [0.15, 0.2) is 117 Å². The van der Waals surface area contributed by atoms with Gasteiger partial charge < -0.3 is 85.7 Å². The molecule has 3 aromatic rings. The van der Waals surface area contributed by atoms with Crippen molar-refractivity contribution >= 4 is 129 Å². The van der Waals surface area contributed by atoms with Gasteiger partial charge in [-0.05, 0) is 154 Å². The summed E-state index contributed by atoms with van der Waals surface area (Å²) in [5.74, 6) is -7.10. The Hall–Kier alpha value is -8.46. The number of amides is 8. The van der Waals surface area contributed by atoms with Crippen LogP contribution in [-0.4, -0.2) is 321 Å². The molecule has 0 saturated carbocycles. The quantitative estimate of drug-likeness (QED) is 0.0166. The second kappa shape index (κ2) is 49.3. The summed E-state index contributed by atoms with van der Waals surface area (Å²) >= 11 is 1.77. The minimum absolute atomic E-state index is 0. The van der Waals surface area contributed by atoms with Gasteiger partial charge in [-0.1, -0.05) is 52.3 Å². The molecule has 5 aliphatic heterocycles. The first-order valence-corrected chi connectivity index (χ1v) is 50.7. The van der Waals surface area contributed by atoms with E-state index in [-0.39, 0.29) is 238 Å². The Kier molecular flexibility index (Phi) is 40.7. The van der Waals surface area contributed by atoms with Crippen molar-refractivity contribution in [2.75, 3.05) is 140 Å². The number of carbonyl (C=O) groups excluding carboxylic acids is 7. The van der Waals surface area contributed by atoms with E-state index in [1.165, 1.54) is 36.4 Å². The number of anilines is 1. The van der Waals surface area contributed by atoms with Crippen LogP contribution in [-0.2, 0) is 101 Å². The Bertz CT molecular complexity index is 5310. The number of nitrogens with one attached hydrogen (secondary N) is 8. The van der Waals surface area contributed by atoms with E-state index in [9.17, 15) is 115 Å². The van der Waals surface area contributed by atoms with Crippen LogP contribution < -0.4 is 52.2 Å².